The highest BCUT2D eigenvalue weighted by molar-refractivity contribution is 7.27. The topological polar surface area (TPSA) is 75.3 Å². The number of aryl methyl sites for hydroxylation is 1. The first-order valence-corrected chi connectivity index (χ1v) is 12.3. The number of carbonyl (C=O) groups excluding carboxylic acids is 1. The molecule has 0 bridgehead atoms. The summed E-state index contributed by atoms with van der Waals surface area (Å²) in [4.78, 5) is 12.5. The van der Waals surface area contributed by atoms with Crippen molar-refractivity contribution in [1.82, 2.24) is 5.32 Å². The maximum absolute atomic E-state index is 12.5. The molecule has 0 aromatic heterocycles. The monoisotopic (exact) mass is 472 g/mol. The lowest BCUT2D eigenvalue weighted by Gasteiger charge is -2.44. The van der Waals surface area contributed by atoms with Gasteiger partial charge in [-0.05, 0) is 72.9 Å². The van der Waals surface area contributed by atoms with Gasteiger partial charge in [-0.1, -0.05) is 66.2 Å². The molecule has 3 aromatic carbocycles. The van der Waals surface area contributed by atoms with Crippen LogP contribution in [-0.2, 0) is 11.2 Å². The smallest absolute Gasteiger partial charge is 0.146 e. The standard InChI is InChI=1S/C29H33N2O2P/c1-20-3-2-4-22(15-20)16-24(19-32)28(23-7-9-26(33)10-8-23)29(30)13-14-31-25(18-29)17-21-5-11-27(34)12-6-21/h2-12,15-16,19,25,28,31,33H,13-14,17-18,30,34H2,1H3/b24-16+. The molecule has 34 heavy (non-hydrogen) atoms. The Balaban J connectivity index is 1.70. The molecule has 0 amide bonds. The fourth-order valence-corrected chi connectivity index (χ4v) is 5.34. The van der Waals surface area contributed by atoms with Crippen molar-refractivity contribution >= 4 is 26.9 Å². The van der Waals surface area contributed by atoms with Crippen molar-refractivity contribution in [1.29, 1.82) is 0 Å². The third-order valence-electron chi connectivity index (χ3n) is 6.76. The summed E-state index contributed by atoms with van der Waals surface area (Å²) in [6, 6.07) is 24.0. The van der Waals surface area contributed by atoms with Crippen molar-refractivity contribution < 1.29 is 9.90 Å². The summed E-state index contributed by atoms with van der Waals surface area (Å²) < 4.78 is 0. The third-order valence-corrected chi connectivity index (χ3v) is 7.14. The molecule has 1 aliphatic heterocycles. The number of phenolic OH excluding ortho intramolecular Hbond substituents is 1. The molecule has 4 rings (SSSR count). The summed E-state index contributed by atoms with van der Waals surface area (Å²) in [6.07, 6.45) is 5.27. The average Bonchev–Trinajstić information content (AvgIpc) is 2.81. The minimum absolute atomic E-state index is 0.199. The fraction of sp³-hybridized carbons (Fsp3) is 0.276. The minimum atomic E-state index is -0.607. The molecule has 1 fully saturated rings. The normalized spacial score (nSPS) is 21.7. The quantitative estimate of drug-likeness (QED) is 0.273. The number of aldehydes is 1. The molecule has 5 heteroatoms. The van der Waals surface area contributed by atoms with E-state index in [0.29, 0.717) is 5.57 Å². The molecule has 0 saturated carbocycles. The number of rotatable bonds is 7. The number of benzene rings is 3. The molecule has 0 spiro atoms. The van der Waals surface area contributed by atoms with E-state index in [1.54, 1.807) is 12.1 Å². The molecular weight excluding hydrogens is 439 g/mol. The van der Waals surface area contributed by atoms with Gasteiger partial charge in [-0.2, -0.15) is 0 Å². The number of nitrogens with two attached hydrogens (primary N) is 1. The summed E-state index contributed by atoms with van der Waals surface area (Å²) >= 11 is 0. The predicted molar refractivity (Wildman–Crippen MR) is 144 cm³/mol. The molecular formula is C29H33N2O2P. The zero-order chi connectivity index (χ0) is 24.1. The summed E-state index contributed by atoms with van der Waals surface area (Å²) in [5.74, 6) is -0.0882. The summed E-state index contributed by atoms with van der Waals surface area (Å²) in [7, 11) is 2.72. The maximum Gasteiger partial charge on any atom is 0.146 e. The van der Waals surface area contributed by atoms with Gasteiger partial charge in [0.15, 0.2) is 0 Å². The number of hydrogen-bond acceptors (Lipinski definition) is 4. The van der Waals surface area contributed by atoms with Crippen molar-refractivity contribution in [2.24, 2.45) is 5.73 Å². The summed E-state index contributed by atoms with van der Waals surface area (Å²) in [5.41, 5.74) is 11.6. The molecule has 1 saturated heterocycles. The fourth-order valence-electron chi connectivity index (χ4n) is 5.15. The van der Waals surface area contributed by atoms with Crippen molar-refractivity contribution in [2.45, 2.75) is 43.7 Å². The molecule has 0 aliphatic carbocycles. The van der Waals surface area contributed by atoms with Crippen LogP contribution in [0.3, 0.4) is 0 Å². The third kappa shape index (κ3) is 5.82. The number of hydrogen-bond donors (Lipinski definition) is 3. The number of phenols is 1. The number of nitrogens with one attached hydrogen (secondary N) is 1. The zero-order valence-electron chi connectivity index (χ0n) is 19.6. The van der Waals surface area contributed by atoms with Crippen LogP contribution in [0.2, 0.25) is 0 Å². The van der Waals surface area contributed by atoms with E-state index >= 15 is 0 Å². The predicted octanol–water partition coefficient (Wildman–Crippen LogP) is 4.26. The van der Waals surface area contributed by atoms with Gasteiger partial charge in [0.1, 0.15) is 12.0 Å². The van der Waals surface area contributed by atoms with E-state index in [0.717, 1.165) is 54.1 Å². The van der Waals surface area contributed by atoms with Crippen molar-refractivity contribution in [3.05, 3.63) is 101 Å². The number of carbonyl (C=O) groups is 1. The molecule has 1 heterocycles. The highest BCUT2D eigenvalue weighted by atomic mass is 31.0. The van der Waals surface area contributed by atoms with Crippen LogP contribution in [-0.4, -0.2) is 29.5 Å². The lowest BCUT2D eigenvalue weighted by Crippen LogP contribution is -2.57. The first-order chi connectivity index (χ1) is 16.4. The van der Waals surface area contributed by atoms with Gasteiger partial charge in [0.25, 0.3) is 0 Å². The lowest BCUT2D eigenvalue weighted by atomic mass is 9.68. The molecule has 176 valence electrons. The lowest BCUT2D eigenvalue weighted by molar-refractivity contribution is -0.105. The van der Waals surface area contributed by atoms with E-state index in [2.05, 4.69) is 44.9 Å². The maximum atomic E-state index is 12.5. The molecule has 1 aliphatic rings. The van der Waals surface area contributed by atoms with E-state index in [1.807, 2.05) is 43.3 Å². The SMILES string of the molecule is Cc1cccc(/C=C(\C=O)C(c2ccc(O)cc2)C2(N)CCNC(Cc3ccc(P)cc3)C2)c1. The van der Waals surface area contributed by atoms with Gasteiger partial charge in [0.2, 0.25) is 0 Å². The highest BCUT2D eigenvalue weighted by Gasteiger charge is 2.42. The van der Waals surface area contributed by atoms with Crippen LogP contribution in [0.1, 0.15) is 41.0 Å². The van der Waals surface area contributed by atoms with Gasteiger partial charge >= 0.3 is 0 Å². The molecule has 3 aromatic rings. The van der Waals surface area contributed by atoms with Crippen LogP contribution in [0, 0.1) is 6.92 Å². The van der Waals surface area contributed by atoms with Crippen LogP contribution in [0.25, 0.3) is 6.08 Å². The molecule has 4 atom stereocenters. The van der Waals surface area contributed by atoms with Gasteiger partial charge in [0.05, 0.1) is 0 Å². The van der Waals surface area contributed by atoms with Crippen molar-refractivity contribution in [2.75, 3.05) is 6.54 Å². The Bertz CT molecular complexity index is 1160. The van der Waals surface area contributed by atoms with E-state index < -0.39 is 5.54 Å². The van der Waals surface area contributed by atoms with Crippen LogP contribution >= 0.6 is 9.24 Å². The Labute approximate surface area is 204 Å². The zero-order valence-corrected chi connectivity index (χ0v) is 20.7. The highest BCUT2D eigenvalue weighted by Crippen LogP contribution is 2.41. The minimum Gasteiger partial charge on any atom is -0.508 e. The van der Waals surface area contributed by atoms with Crippen LogP contribution in [0.5, 0.6) is 5.75 Å². The van der Waals surface area contributed by atoms with Gasteiger partial charge in [-0.25, -0.2) is 0 Å². The second-order valence-corrected chi connectivity index (χ2v) is 10.2. The first kappa shape index (κ1) is 24.3. The molecule has 4 unspecified atom stereocenters. The number of piperidine rings is 1. The van der Waals surface area contributed by atoms with Crippen LogP contribution in [0.15, 0.2) is 78.4 Å². The van der Waals surface area contributed by atoms with E-state index in [1.165, 1.54) is 5.56 Å². The van der Waals surface area contributed by atoms with Crippen molar-refractivity contribution in [3.63, 3.8) is 0 Å². The van der Waals surface area contributed by atoms with Crippen LogP contribution < -0.4 is 16.4 Å². The van der Waals surface area contributed by atoms with Crippen molar-refractivity contribution in [3.8, 4) is 5.75 Å². The van der Waals surface area contributed by atoms with Gasteiger partial charge in [0, 0.05) is 23.1 Å². The van der Waals surface area contributed by atoms with E-state index in [4.69, 9.17) is 5.73 Å². The Hall–Kier alpha value is -2.78. The van der Waals surface area contributed by atoms with Gasteiger partial charge in [-0.15, -0.1) is 9.24 Å². The van der Waals surface area contributed by atoms with Gasteiger partial charge < -0.3 is 16.2 Å². The van der Waals surface area contributed by atoms with E-state index in [9.17, 15) is 9.90 Å². The van der Waals surface area contributed by atoms with Crippen LogP contribution in [0.4, 0.5) is 0 Å². The second kappa shape index (κ2) is 10.7. The average molecular weight is 473 g/mol. The Morgan fingerprint density at radius 2 is 1.91 bits per heavy atom. The summed E-state index contributed by atoms with van der Waals surface area (Å²) in [6.45, 7) is 2.83. The first-order valence-electron chi connectivity index (χ1n) is 11.8. The summed E-state index contributed by atoms with van der Waals surface area (Å²) in [5, 5.41) is 14.7. The Morgan fingerprint density at radius 1 is 1.18 bits per heavy atom. The largest absolute Gasteiger partial charge is 0.508 e. The Kier molecular flexibility index (Phi) is 7.63. The molecule has 0 radical (unpaired) electrons. The molecule has 4 N–H and O–H groups in total. The van der Waals surface area contributed by atoms with E-state index in [-0.39, 0.29) is 17.7 Å². The van der Waals surface area contributed by atoms with Gasteiger partial charge in [-0.3, -0.25) is 4.79 Å². The Morgan fingerprint density at radius 3 is 2.59 bits per heavy atom. The molecule has 4 nitrogen and oxygen atoms in total. The second-order valence-electron chi connectivity index (χ2n) is 9.48. The number of aromatic hydroxyl groups is 1.